The van der Waals surface area contributed by atoms with E-state index in [0.717, 1.165) is 0 Å². The van der Waals surface area contributed by atoms with Crippen LogP contribution in [0.4, 0.5) is 0 Å². The largest absolute Gasteiger partial charge is 0.377 e. The van der Waals surface area contributed by atoms with E-state index < -0.39 is 11.2 Å². The minimum Gasteiger partial charge on any atom is -0.377 e. The SMILES string of the molecule is CCn1c(=O)[nH]c(=O)c2[nH]c(-c3cc(COC)on3)nc21. The third kappa shape index (κ3) is 2.17. The quantitative estimate of drug-likeness (QED) is 0.710. The number of ether oxygens (including phenoxy) is 1. The summed E-state index contributed by atoms with van der Waals surface area (Å²) in [4.78, 5) is 32.9. The van der Waals surface area contributed by atoms with Crippen LogP contribution in [0.25, 0.3) is 22.7 Å². The summed E-state index contributed by atoms with van der Waals surface area (Å²) in [6, 6.07) is 1.66. The van der Waals surface area contributed by atoms with Crippen LogP contribution in [0.3, 0.4) is 0 Å². The van der Waals surface area contributed by atoms with E-state index >= 15 is 0 Å². The molecule has 21 heavy (non-hydrogen) atoms. The molecule has 9 nitrogen and oxygen atoms in total. The third-order valence-electron chi connectivity index (χ3n) is 3.04. The predicted molar refractivity (Wildman–Crippen MR) is 72.9 cm³/mol. The van der Waals surface area contributed by atoms with Gasteiger partial charge in [0.25, 0.3) is 5.56 Å². The van der Waals surface area contributed by atoms with Crippen LogP contribution in [0.1, 0.15) is 12.7 Å². The fraction of sp³-hybridized carbons (Fsp3) is 0.333. The van der Waals surface area contributed by atoms with Crippen LogP contribution in [0.15, 0.2) is 20.2 Å². The number of imidazole rings is 1. The summed E-state index contributed by atoms with van der Waals surface area (Å²) in [5.41, 5.74) is -0.0552. The Morgan fingerprint density at radius 2 is 2.19 bits per heavy atom. The molecule has 0 aromatic carbocycles. The minimum atomic E-state index is -0.515. The molecule has 3 rings (SSSR count). The maximum atomic E-state index is 11.8. The highest BCUT2D eigenvalue weighted by atomic mass is 16.5. The predicted octanol–water partition coefficient (Wildman–Crippen LogP) is 0.234. The second kappa shape index (κ2) is 5.02. The van der Waals surface area contributed by atoms with Crippen molar-refractivity contribution in [3.8, 4) is 11.5 Å². The van der Waals surface area contributed by atoms with E-state index in [9.17, 15) is 9.59 Å². The molecule has 0 saturated carbocycles. The highest BCUT2D eigenvalue weighted by Crippen LogP contribution is 2.18. The number of nitrogens with zero attached hydrogens (tertiary/aromatic N) is 3. The van der Waals surface area contributed by atoms with Gasteiger partial charge in [0.1, 0.15) is 17.8 Å². The highest BCUT2D eigenvalue weighted by molar-refractivity contribution is 5.74. The molecule has 0 spiro atoms. The Bertz CT molecular complexity index is 900. The number of rotatable bonds is 4. The smallest absolute Gasteiger partial charge is 0.330 e. The number of fused-ring (bicyclic) bond motifs is 1. The van der Waals surface area contributed by atoms with Crippen molar-refractivity contribution in [3.05, 3.63) is 32.7 Å². The Morgan fingerprint density at radius 1 is 1.38 bits per heavy atom. The van der Waals surface area contributed by atoms with Gasteiger partial charge in [-0.1, -0.05) is 5.16 Å². The van der Waals surface area contributed by atoms with Crippen molar-refractivity contribution in [3.63, 3.8) is 0 Å². The van der Waals surface area contributed by atoms with Gasteiger partial charge in [0.2, 0.25) is 0 Å². The molecule has 0 unspecified atom stereocenters. The van der Waals surface area contributed by atoms with Crippen molar-refractivity contribution in [1.82, 2.24) is 24.7 Å². The molecule has 0 aliphatic heterocycles. The van der Waals surface area contributed by atoms with E-state index in [0.29, 0.717) is 23.8 Å². The van der Waals surface area contributed by atoms with E-state index in [1.165, 1.54) is 4.57 Å². The Hall–Kier alpha value is -2.68. The lowest BCUT2D eigenvalue weighted by atomic mass is 10.3. The van der Waals surface area contributed by atoms with Gasteiger partial charge < -0.3 is 14.2 Å². The molecule has 0 atom stereocenters. The minimum absolute atomic E-state index is 0.225. The molecule has 0 aliphatic carbocycles. The van der Waals surface area contributed by atoms with Gasteiger partial charge in [0.15, 0.2) is 17.2 Å². The monoisotopic (exact) mass is 291 g/mol. The van der Waals surface area contributed by atoms with Crippen molar-refractivity contribution in [2.24, 2.45) is 0 Å². The standard InChI is InChI=1S/C12H13N5O4/c1-3-17-10-8(11(18)15-12(17)19)13-9(14-10)7-4-6(5-20-2)21-16-7/h4H,3,5H2,1-2H3,(H,13,14)(H,15,18,19). The Morgan fingerprint density at radius 3 is 2.90 bits per heavy atom. The molecular weight excluding hydrogens is 278 g/mol. The summed E-state index contributed by atoms with van der Waals surface area (Å²) in [6.07, 6.45) is 0. The van der Waals surface area contributed by atoms with Crippen LogP contribution in [-0.2, 0) is 17.9 Å². The summed E-state index contributed by atoms with van der Waals surface area (Å²) < 4.78 is 11.4. The molecule has 110 valence electrons. The van der Waals surface area contributed by atoms with E-state index in [-0.39, 0.29) is 17.8 Å². The van der Waals surface area contributed by atoms with Gasteiger partial charge in [-0.25, -0.2) is 9.78 Å². The molecule has 9 heteroatoms. The summed E-state index contributed by atoms with van der Waals surface area (Å²) >= 11 is 0. The first kappa shape index (κ1) is 13.3. The normalized spacial score (nSPS) is 11.3. The van der Waals surface area contributed by atoms with Crippen LogP contribution in [0.5, 0.6) is 0 Å². The first-order valence-corrected chi connectivity index (χ1v) is 6.31. The van der Waals surface area contributed by atoms with Crippen molar-refractivity contribution in [1.29, 1.82) is 0 Å². The average Bonchev–Trinajstić information content (AvgIpc) is 3.06. The summed E-state index contributed by atoms with van der Waals surface area (Å²) in [5.74, 6) is 0.893. The molecule has 0 amide bonds. The lowest BCUT2D eigenvalue weighted by Gasteiger charge is -1.99. The number of hydrogen-bond donors (Lipinski definition) is 2. The Labute approximate surface area is 117 Å². The topological polar surface area (TPSA) is 119 Å². The molecule has 3 aromatic rings. The zero-order valence-electron chi connectivity index (χ0n) is 11.5. The fourth-order valence-electron chi connectivity index (χ4n) is 2.09. The van der Waals surface area contributed by atoms with Gasteiger partial charge in [-0.05, 0) is 6.92 Å². The molecular formula is C12H13N5O4. The summed E-state index contributed by atoms with van der Waals surface area (Å²) in [7, 11) is 1.54. The maximum absolute atomic E-state index is 11.8. The molecule has 0 saturated heterocycles. The zero-order valence-corrected chi connectivity index (χ0v) is 11.5. The summed E-state index contributed by atoms with van der Waals surface area (Å²) in [6.45, 7) is 2.47. The van der Waals surface area contributed by atoms with Crippen LogP contribution in [0.2, 0.25) is 0 Å². The second-order valence-corrected chi connectivity index (χ2v) is 4.40. The fourth-order valence-corrected chi connectivity index (χ4v) is 2.09. The molecule has 0 bridgehead atoms. The van der Waals surface area contributed by atoms with Crippen LogP contribution in [-0.4, -0.2) is 31.8 Å². The van der Waals surface area contributed by atoms with E-state index in [1.807, 2.05) is 0 Å². The van der Waals surface area contributed by atoms with Crippen molar-refractivity contribution in [2.75, 3.05) is 7.11 Å². The number of H-pyrrole nitrogens is 2. The molecule has 0 fully saturated rings. The highest BCUT2D eigenvalue weighted by Gasteiger charge is 2.15. The third-order valence-corrected chi connectivity index (χ3v) is 3.04. The zero-order chi connectivity index (χ0) is 15.0. The van der Waals surface area contributed by atoms with Gasteiger partial charge >= 0.3 is 5.69 Å². The van der Waals surface area contributed by atoms with Crippen LogP contribution >= 0.6 is 0 Å². The van der Waals surface area contributed by atoms with Gasteiger partial charge in [-0.15, -0.1) is 0 Å². The maximum Gasteiger partial charge on any atom is 0.330 e. The molecule has 2 N–H and O–H groups in total. The van der Waals surface area contributed by atoms with Crippen molar-refractivity contribution >= 4 is 11.2 Å². The van der Waals surface area contributed by atoms with Gasteiger partial charge in [-0.3, -0.25) is 14.3 Å². The second-order valence-electron chi connectivity index (χ2n) is 4.40. The first-order chi connectivity index (χ1) is 10.1. The molecule has 0 aliphatic rings. The first-order valence-electron chi connectivity index (χ1n) is 6.31. The van der Waals surface area contributed by atoms with E-state index in [2.05, 4.69) is 20.1 Å². The summed E-state index contributed by atoms with van der Waals surface area (Å²) in [5, 5.41) is 3.86. The van der Waals surface area contributed by atoms with Gasteiger partial charge in [-0.2, -0.15) is 0 Å². The van der Waals surface area contributed by atoms with Gasteiger partial charge in [0, 0.05) is 19.7 Å². The number of methoxy groups -OCH3 is 1. The average molecular weight is 291 g/mol. The number of hydrogen-bond acceptors (Lipinski definition) is 6. The van der Waals surface area contributed by atoms with E-state index in [4.69, 9.17) is 9.26 Å². The lowest BCUT2D eigenvalue weighted by Crippen LogP contribution is -2.29. The lowest BCUT2D eigenvalue weighted by molar-refractivity contribution is 0.156. The molecule has 0 radical (unpaired) electrons. The van der Waals surface area contributed by atoms with Crippen LogP contribution < -0.4 is 11.2 Å². The van der Waals surface area contributed by atoms with E-state index in [1.54, 1.807) is 20.1 Å². The Kier molecular flexibility index (Phi) is 3.18. The number of aromatic nitrogens is 5. The Balaban J connectivity index is 2.18. The van der Waals surface area contributed by atoms with Crippen molar-refractivity contribution in [2.45, 2.75) is 20.1 Å². The molecule has 3 aromatic heterocycles. The van der Waals surface area contributed by atoms with Crippen LogP contribution in [0, 0.1) is 0 Å². The van der Waals surface area contributed by atoms with Gasteiger partial charge in [0.05, 0.1) is 0 Å². The van der Waals surface area contributed by atoms with Crippen molar-refractivity contribution < 1.29 is 9.26 Å². The number of nitrogens with one attached hydrogen (secondary N) is 2. The number of aromatic amines is 2. The number of aryl methyl sites for hydroxylation is 1. The molecule has 3 heterocycles.